The lowest BCUT2D eigenvalue weighted by Crippen LogP contribution is -2.29. The number of hydrogen-bond acceptors (Lipinski definition) is 2. The first-order valence-electron chi connectivity index (χ1n) is 8.50. The number of nitrogens with zero attached hydrogens (tertiary/aromatic N) is 1. The van der Waals surface area contributed by atoms with Crippen molar-refractivity contribution < 1.29 is 0 Å². The lowest BCUT2D eigenvalue weighted by Gasteiger charge is -2.23. The van der Waals surface area contributed by atoms with E-state index in [1.165, 1.54) is 75.7 Å². The van der Waals surface area contributed by atoms with Gasteiger partial charge in [-0.15, -0.1) is 0 Å². The van der Waals surface area contributed by atoms with Gasteiger partial charge in [-0.2, -0.15) is 0 Å². The zero-order chi connectivity index (χ0) is 13.6. The molecule has 3 rings (SSSR count). The Morgan fingerprint density at radius 2 is 1.60 bits per heavy atom. The van der Waals surface area contributed by atoms with E-state index in [9.17, 15) is 0 Å². The molecule has 1 heterocycles. The van der Waals surface area contributed by atoms with Crippen molar-refractivity contribution >= 4 is 5.69 Å². The Balaban J connectivity index is 1.61. The predicted octanol–water partition coefficient (Wildman–Crippen LogP) is 4.10. The normalized spacial score (nSPS) is 21.1. The molecule has 1 aliphatic carbocycles. The third-order valence-corrected chi connectivity index (χ3v) is 4.87. The van der Waals surface area contributed by atoms with Gasteiger partial charge in [0.15, 0.2) is 0 Å². The van der Waals surface area contributed by atoms with Crippen molar-refractivity contribution in [3.8, 4) is 0 Å². The maximum absolute atomic E-state index is 3.82. The van der Waals surface area contributed by atoms with Crippen LogP contribution in [0.1, 0.15) is 56.9 Å². The van der Waals surface area contributed by atoms with E-state index in [1.54, 1.807) is 0 Å². The Morgan fingerprint density at radius 3 is 2.35 bits per heavy atom. The molecule has 0 bridgehead atoms. The summed E-state index contributed by atoms with van der Waals surface area (Å²) in [6.45, 7) is 3.51. The Hall–Kier alpha value is -1.02. The molecule has 1 saturated carbocycles. The topological polar surface area (TPSA) is 15.3 Å². The van der Waals surface area contributed by atoms with Gasteiger partial charge in [0.25, 0.3) is 0 Å². The van der Waals surface area contributed by atoms with E-state index in [2.05, 4.69) is 34.5 Å². The molecule has 0 radical (unpaired) electrons. The third-order valence-electron chi connectivity index (χ3n) is 4.87. The van der Waals surface area contributed by atoms with Crippen molar-refractivity contribution in [3.63, 3.8) is 0 Å². The Kier molecular flexibility index (Phi) is 4.96. The summed E-state index contributed by atoms with van der Waals surface area (Å²) in [5.41, 5.74) is 2.95. The summed E-state index contributed by atoms with van der Waals surface area (Å²) in [5, 5.41) is 3.82. The second-order valence-electron chi connectivity index (χ2n) is 6.39. The quantitative estimate of drug-likeness (QED) is 0.830. The van der Waals surface area contributed by atoms with Gasteiger partial charge in [0.05, 0.1) is 0 Å². The maximum Gasteiger partial charge on any atom is 0.0411 e. The monoisotopic (exact) mass is 272 g/mol. The van der Waals surface area contributed by atoms with Gasteiger partial charge in [0.2, 0.25) is 0 Å². The summed E-state index contributed by atoms with van der Waals surface area (Å²) >= 11 is 0. The second-order valence-corrected chi connectivity index (χ2v) is 6.39. The van der Waals surface area contributed by atoms with Gasteiger partial charge in [-0.1, -0.05) is 43.9 Å². The molecule has 1 saturated heterocycles. The molecule has 2 nitrogen and oxygen atoms in total. The van der Waals surface area contributed by atoms with E-state index in [4.69, 9.17) is 0 Å². The van der Waals surface area contributed by atoms with Crippen LogP contribution in [0.3, 0.4) is 0 Å². The minimum Gasteiger partial charge on any atom is -0.371 e. The fourth-order valence-electron chi connectivity index (χ4n) is 3.66. The summed E-state index contributed by atoms with van der Waals surface area (Å²) in [5.74, 6) is 0. The molecule has 2 heteroatoms. The Morgan fingerprint density at radius 1 is 0.900 bits per heavy atom. The first kappa shape index (κ1) is 13.9. The number of para-hydroxylation sites is 1. The van der Waals surface area contributed by atoms with E-state index >= 15 is 0 Å². The average Bonchev–Trinajstić information content (AvgIpc) is 2.89. The summed E-state index contributed by atoms with van der Waals surface area (Å²) in [7, 11) is 0. The minimum atomic E-state index is 0.740. The highest BCUT2D eigenvalue weighted by Crippen LogP contribution is 2.25. The summed E-state index contributed by atoms with van der Waals surface area (Å²) in [4.78, 5) is 2.56. The van der Waals surface area contributed by atoms with Crippen LogP contribution in [0.25, 0.3) is 0 Å². The first-order valence-corrected chi connectivity index (χ1v) is 8.50. The van der Waals surface area contributed by atoms with Crippen LogP contribution in [0.2, 0.25) is 0 Å². The molecule has 0 unspecified atom stereocenters. The second kappa shape index (κ2) is 7.12. The van der Waals surface area contributed by atoms with Gasteiger partial charge in [0.1, 0.15) is 0 Å². The van der Waals surface area contributed by atoms with E-state index in [1.807, 2.05) is 0 Å². The number of anilines is 1. The number of nitrogens with one attached hydrogen (secondary N) is 1. The van der Waals surface area contributed by atoms with Crippen molar-refractivity contribution in [1.82, 2.24) is 5.32 Å². The molecule has 1 aliphatic heterocycles. The van der Waals surface area contributed by atoms with Gasteiger partial charge in [-0.05, 0) is 37.3 Å². The van der Waals surface area contributed by atoms with Crippen LogP contribution in [0, 0.1) is 0 Å². The zero-order valence-electron chi connectivity index (χ0n) is 12.6. The molecule has 1 N–H and O–H groups in total. The van der Waals surface area contributed by atoms with Crippen molar-refractivity contribution in [3.05, 3.63) is 29.8 Å². The molecular formula is C18H28N2. The first-order chi connectivity index (χ1) is 9.93. The highest BCUT2D eigenvalue weighted by Gasteiger charge is 2.16. The largest absolute Gasteiger partial charge is 0.371 e. The van der Waals surface area contributed by atoms with Crippen LogP contribution in [0.4, 0.5) is 5.69 Å². The van der Waals surface area contributed by atoms with Gasteiger partial charge in [-0.25, -0.2) is 0 Å². The van der Waals surface area contributed by atoms with Crippen molar-refractivity contribution in [2.75, 3.05) is 18.0 Å². The lowest BCUT2D eigenvalue weighted by atomic mass is 10.1. The highest BCUT2D eigenvalue weighted by molar-refractivity contribution is 5.54. The SMILES string of the molecule is c1ccc(N2CCCC2)c(CNC2CCCCCC2)c1. The number of rotatable bonds is 4. The Labute approximate surface area is 123 Å². The molecular weight excluding hydrogens is 244 g/mol. The Bertz CT molecular complexity index is 402. The summed E-state index contributed by atoms with van der Waals surface area (Å²) < 4.78 is 0. The van der Waals surface area contributed by atoms with E-state index in [-0.39, 0.29) is 0 Å². The van der Waals surface area contributed by atoms with E-state index in [0.29, 0.717) is 0 Å². The van der Waals surface area contributed by atoms with Crippen LogP contribution < -0.4 is 10.2 Å². The molecule has 0 amide bonds. The van der Waals surface area contributed by atoms with E-state index in [0.717, 1.165) is 12.6 Å². The molecule has 20 heavy (non-hydrogen) atoms. The lowest BCUT2D eigenvalue weighted by molar-refractivity contribution is 0.459. The van der Waals surface area contributed by atoms with Gasteiger partial charge in [-0.3, -0.25) is 0 Å². The number of benzene rings is 1. The minimum absolute atomic E-state index is 0.740. The van der Waals surface area contributed by atoms with Crippen LogP contribution in [-0.2, 0) is 6.54 Å². The molecule has 1 aromatic rings. The van der Waals surface area contributed by atoms with Gasteiger partial charge >= 0.3 is 0 Å². The van der Waals surface area contributed by atoms with Crippen LogP contribution >= 0.6 is 0 Å². The number of hydrogen-bond donors (Lipinski definition) is 1. The molecule has 0 spiro atoms. The zero-order valence-corrected chi connectivity index (χ0v) is 12.6. The molecule has 2 fully saturated rings. The fraction of sp³-hybridized carbons (Fsp3) is 0.667. The highest BCUT2D eigenvalue weighted by atomic mass is 15.1. The smallest absolute Gasteiger partial charge is 0.0411 e. The molecule has 0 atom stereocenters. The molecule has 1 aromatic carbocycles. The predicted molar refractivity (Wildman–Crippen MR) is 86.2 cm³/mol. The standard InChI is InChI=1S/C18H28N2/c1-2-4-11-17(10-3-1)19-15-16-9-5-6-12-18(16)20-13-7-8-14-20/h5-6,9,12,17,19H,1-4,7-8,10-11,13-15H2. The van der Waals surface area contributed by atoms with Crippen molar-refractivity contribution in [2.24, 2.45) is 0 Å². The molecule has 0 aromatic heterocycles. The van der Waals surface area contributed by atoms with E-state index < -0.39 is 0 Å². The summed E-state index contributed by atoms with van der Waals surface area (Å²) in [6, 6.07) is 9.71. The van der Waals surface area contributed by atoms with Gasteiger partial charge < -0.3 is 10.2 Å². The van der Waals surface area contributed by atoms with Crippen molar-refractivity contribution in [1.29, 1.82) is 0 Å². The van der Waals surface area contributed by atoms with Gasteiger partial charge in [0, 0.05) is 31.4 Å². The molecule has 2 aliphatic rings. The average molecular weight is 272 g/mol. The fourth-order valence-corrected chi connectivity index (χ4v) is 3.66. The van der Waals surface area contributed by atoms with Crippen LogP contribution in [0.5, 0.6) is 0 Å². The third kappa shape index (κ3) is 3.54. The van der Waals surface area contributed by atoms with Crippen LogP contribution in [0.15, 0.2) is 24.3 Å². The summed E-state index contributed by atoms with van der Waals surface area (Å²) in [6.07, 6.45) is 11.1. The van der Waals surface area contributed by atoms with Crippen molar-refractivity contribution in [2.45, 2.75) is 64.0 Å². The van der Waals surface area contributed by atoms with Crippen LogP contribution in [-0.4, -0.2) is 19.1 Å². The molecule has 110 valence electrons. The maximum atomic E-state index is 3.82.